The molecule has 6 heteroatoms. The summed E-state index contributed by atoms with van der Waals surface area (Å²) in [7, 11) is 0. The summed E-state index contributed by atoms with van der Waals surface area (Å²) >= 11 is 1.65. The summed E-state index contributed by atoms with van der Waals surface area (Å²) in [6.07, 6.45) is 3.93. The number of nitrogens with zero attached hydrogens (tertiary/aromatic N) is 3. The highest BCUT2D eigenvalue weighted by atomic mass is 32.2. The lowest BCUT2D eigenvalue weighted by atomic mass is 10.1. The van der Waals surface area contributed by atoms with Crippen LogP contribution in [0.2, 0.25) is 0 Å². The molecule has 0 saturated heterocycles. The summed E-state index contributed by atoms with van der Waals surface area (Å²) in [5, 5.41) is 13.0. The number of hydrogen-bond acceptors (Lipinski definition) is 4. The number of nitrogens with one attached hydrogen (secondary N) is 1. The molecule has 0 bridgehead atoms. The third-order valence-electron chi connectivity index (χ3n) is 5.82. The molecule has 5 nitrogen and oxygen atoms in total. The molecule has 1 unspecified atom stereocenters. The van der Waals surface area contributed by atoms with Crippen molar-refractivity contribution in [2.75, 3.05) is 5.75 Å². The van der Waals surface area contributed by atoms with Gasteiger partial charge >= 0.3 is 0 Å². The molecule has 0 spiro atoms. The van der Waals surface area contributed by atoms with Crippen molar-refractivity contribution in [1.82, 2.24) is 20.1 Å². The molecule has 35 heavy (non-hydrogen) atoms. The number of benzene rings is 3. The first-order valence-corrected chi connectivity index (χ1v) is 13.2. The Kier molecular flexibility index (Phi) is 9.12. The van der Waals surface area contributed by atoms with Gasteiger partial charge in [0.2, 0.25) is 5.91 Å². The third-order valence-corrected chi connectivity index (χ3v) is 6.83. The van der Waals surface area contributed by atoms with E-state index in [1.165, 1.54) is 11.1 Å². The van der Waals surface area contributed by atoms with Gasteiger partial charge in [0, 0.05) is 30.3 Å². The van der Waals surface area contributed by atoms with Crippen LogP contribution in [0.1, 0.15) is 43.1 Å². The van der Waals surface area contributed by atoms with Crippen molar-refractivity contribution in [1.29, 1.82) is 0 Å². The smallest absolute Gasteiger partial charge is 0.220 e. The summed E-state index contributed by atoms with van der Waals surface area (Å²) in [6, 6.07) is 31.1. The van der Waals surface area contributed by atoms with E-state index in [4.69, 9.17) is 0 Å². The van der Waals surface area contributed by atoms with E-state index < -0.39 is 0 Å². The van der Waals surface area contributed by atoms with E-state index in [1.807, 2.05) is 42.5 Å². The molecule has 1 heterocycles. The molecule has 0 radical (unpaired) electrons. The lowest BCUT2D eigenvalue weighted by Gasteiger charge is -2.14. The van der Waals surface area contributed by atoms with Crippen LogP contribution in [0.4, 0.5) is 0 Å². The fourth-order valence-corrected chi connectivity index (χ4v) is 4.88. The zero-order chi connectivity index (χ0) is 24.3. The minimum absolute atomic E-state index is 0.112. The van der Waals surface area contributed by atoms with Gasteiger partial charge in [0.15, 0.2) is 5.16 Å². The zero-order valence-electron chi connectivity index (χ0n) is 20.1. The maximum atomic E-state index is 12.4. The first-order chi connectivity index (χ1) is 17.2. The van der Waals surface area contributed by atoms with Crippen molar-refractivity contribution in [2.24, 2.45) is 0 Å². The molecule has 0 aliphatic heterocycles. The predicted molar refractivity (Wildman–Crippen MR) is 143 cm³/mol. The van der Waals surface area contributed by atoms with Gasteiger partial charge in [-0.05, 0) is 49.4 Å². The van der Waals surface area contributed by atoms with Gasteiger partial charge in [-0.2, -0.15) is 0 Å². The molecule has 1 atom stereocenters. The summed E-state index contributed by atoms with van der Waals surface area (Å²) in [5.41, 5.74) is 3.56. The Morgan fingerprint density at radius 3 is 2.20 bits per heavy atom. The van der Waals surface area contributed by atoms with Crippen molar-refractivity contribution in [2.45, 2.75) is 50.2 Å². The quantitative estimate of drug-likeness (QED) is 0.202. The van der Waals surface area contributed by atoms with E-state index in [0.717, 1.165) is 41.7 Å². The Bertz CT molecular complexity index is 1180. The molecular formula is C29H32N4OS. The minimum Gasteiger partial charge on any atom is -0.354 e. The molecule has 3 aromatic carbocycles. The fraction of sp³-hybridized carbons (Fsp3) is 0.276. The van der Waals surface area contributed by atoms with Gasteiger partial charge in [-0.15, -0.1) is 10.2 Å². The van der Waals surface area contributed by atoms with Gasteiger partial charge < -0.3 is 5.32 Å². The first kappa shape index (κ1) is 24.7. The van der Waals surface area contributed by atoms with E-state index in [0.29, 0.717) is 12.8 Å². The van der Waals surface area contributed by atoms with Crippen LogP contribution < -0.4 is 5.32 Å². The van der Waals surface area contributed by atoms with Crippen molar-refractivity contribution in [3.05, 3.63) is 108 Å². The van der Waals surface area contributed by atoms with Crippen molar-refractivity contribution in [3.63, 3.8) is 0 Å². The zero-order valence-corrected chi connectivity index (χ0v) is 21.0. The van der Waals surface area contributed by atoms with E-state index in [-0.39, 0.29) is 11.9 Å². The maximum Gasteiger partial charge on any atom is 0.220 e. The van der Waals surface area contributed by atoms with Crippen LogP contribution in [0.5, 0.6) is 0 Å². The van der Waals surface area contributed by atoms with Gasteiger partial charge in [0.05, 0.1) is 0 Å². The highest BCUT2D eigenvalue weighted by Crippen LogP contribution is 2.24. The lowest BCUT2D eigenvalue weighted by molar-refractivity contribution is -0.121. The Labute approximate surface area is 212 Å². The summed E-state index contributed by atoms with van der Waals surface area (Å²) in [5.74, 6) is 1.83. The third kappa shape index (κ3) is 7.55. The monoisotopic (exact) mass is 484 g/mol. The van der Waals surface area contributed by atoms with Crippen LogP contribution in [-0.2, 0) is 17.6 Å². The van der Waals surface area contributed by atoms with Crippen molar-refractivity contribution in [3.8, 4) is 5.69 Å². The van der Waals surface area contributed by atoms with Crippen LogP contribution >= 0.6 is 11.8 Å². The van der Waals surface area contributed by atoms with Gasteiger partial charge in [0.25, 0.3) is 0 Å². The Morgan fingerprint density at radius 2 is 1.51 bits per heavy atom. The largest absolute Gasteiger partial charge is 0.354 e. The SMILES string of the molecule is CC(CCc1ccccc1)NC(=O)CCCSc1nnc(Cc2ccccc2)n1-c1ccccc1. The molecule has 0 saturated carbocycles. The summed E-state index contributed by atoms with van der Waals surface area (Å²) in [6.45, 7) is 2.08. The number of carbonyl (C=O) groups excluding carboxylic acids is 1. The number of amides is 1. The van der Waals surface area contributed by atoms with Crippen LogP contribution in [0, 0.1) is 0 Å². The molecule has 1 N–H and O–H groups in total. The highest BCUT2D eigenvalue weighted by molar-refractivity contribution is 7.99. The molecule has 4 rings (SSSR count). The molecule has 1 aromatic heterocycles. The van der Waals surface area contributed by atoms with Crippen molar-refractivity contribution < 1.29 is 4.79 Å². The Morgan fingerprint density at radius 1 is 0.886 bits per heavy atom. The average molecular weight is 485 g/mol. The number of aryl methyl sites for hydroxylation is 1. The predicted octanol–water partition coefficient (Wildman–Crippen LogP) is 5.87. The number of rotatable bonds is 12. The van der Waals surface area contributed by atoms with Crippen LogP contribution in [0.15, 0.2) is 96.2 Å². The number of thioether (sulfide) groups is 1. The van der Waals surface area contributed by atoms with E-state index in [9.17, 15) is 4.79 Å². The number of carbonyl (C=O) groups is 1. The highest BCUT2D eigenvalue weighted by Gasteiger charge is 2.15. The van der Waals surface area contributed by atoms with Crippen LogP contribution in [-0.4, -0.2) is 32.5 Å². The van der Waals surface area contributed by atoms with Gasteiger partial charge in [-0.25, -0.2) is 0 Å². The second kappa shape index (κ2) is 12.9. The molecule has 180 valence electrons. The molecule has 0 aliphatic rings. The number of aromatic nitrogens is 3. The van der Waals surface area contributed by atoms with Gasteiger partial charge in [0.1, 0.15) is 5.82 Å². The Balaban J connectivity index is 1.28. The van der Waals surface area contributed by atoms with Gasteiger partial charge in [-0.3, -0.25) is 9.36 Å². The van der Waals surface area contributed by atoms with E-state index in [2.05, 4.69) is 75.5 Å². The molecule has 0 fully saturated rings. The standard InChI is InChI=1S/C29H32N4OS/c1-23(19-20-24-12-5-2-6-13-24)30-28(34)18-11-21-35-29-32-31-27(22-25-14-7-3-8-15-25)33(29)26-16-9-4-10-17-26/h2-10,12-17,23H,11,18-22H2,1H3,(H,30,34). The van der Waals surface area contributed by atoms with Crippen molar-refractivity contribution >= 4 is 17.7 Å². The van der Waals surface area contributed by atoms with E-state index in [1.54, 1.807) is 11.8 Å². The summed E-state index contributed by atoms with van der Waals surface area (Å²) in [4.78, 5) is 12.4. The number of para-hydroxylation sites is 1. The molecule has 1 amide bonds. The fourth-order valence-electron chi connectivity index (χ4n) is 3.97. The van der Waals surface area contributed by atoms with E-state index >= 15 is 0 Å². The maximum absolute atomic E-state index is 12.4. The molecule has 4 aromatic rings. The average Bonchev–Trinajstić information content (AvgIpc) is 3.29. The lowest BCUT2D eigenvalue weighted by Crippen LogP contribution is -2.32. The number of hydrogen-bond donors (Lipinski definition) is 1. The second-order valence-electron chi connectivity index (χ2n) is 8.68. The topological polar surface area (TPSA) is 59.8 Å². The Hall–Kier alpha value is -3.38. The van der Waals surface area contributed by atoms with Crippen LogP contribution in [0.25, 0.3) is 5.69 Å². The first-order valence-electron chi connectivity index (χ1n) is 12.2. The molecule has 0 aliphatic carbocycles. The normalized spacial score (nSPS) is 11.8. The van der Waals surface area contributed by atoms with Gasteiger partial charge in [-0.1, -0.05) is 90.6 Å². The summed E-state index contributed by atoms with van der Waals surface area (Å²) < 4.78 is 2.13. The second-order valence-corrected chi connectivity index (χ2v) is 9.74. The molecular weight excluding hydrogens is 452 g/mol. The van der Waals surface area contributed by atoms with Crippen LogP contribution in [0.3, 0.4) is 0 Å². The minimum atomic E-state index is 0.112.